The normalized spacial score (nSPS) is 24.1. The lowest BCUT2D eigenvalue weighted by Gasteiger charge is -2.29. The van der Waals surface area contributed by atoms with E-state index in [9.17, 15) is 4.79 Å². The lowest BCUT2D eigenvalue weighted by molar-refractivity contribution is -0.130. The van der Waals surface area contributed by atoms with Crippen molar-refractivity contribution in [3.8, 4) is 0 Å². The van der Waals surface area contributed by atoms with E-state index in [1.165, 1.54) is 45.3 Å². The number of halogens is 2. The van der Waals surface area contributed by atoms with E-state index in [1.807, 2.05) is 6.92 Å². The molecular formula is C15H31Cl2N3O. The molecule has 0 aromatic heterocycles. The van der Waals surface area contributed by atoms with Crippen molar-refractivity contribution in [3.63, 3.8) is 0 Å². The summed E-state index contributed by atoms with van der Waals surface area (Å²) in [5, 5.41) is 0. The summed E-state index contributed by atoms with van der Waals surface area (Å²) in [6, 6.07) is 0.135. The SMILES string of the molecule is CC(N)CCC(=O)N1CCC(CN2CCCCC2)C1.Cl.Cl. The van der Waals surface area contributed by atoms with Gasteiger partial charge in [0.05, 0.1) is 0 Å². The van der Waals surface area contributed by atoms with Crippen LogP contribution >= 0.6 is 24.8 Å². The Bertz CT molecular complexity index is 297. The second kappa shape index (κ2) is 10.7. The topological polar surface area (TPSA) is 49.6 Å². The first kappa shape index (κ1) is 21.0. The second-order valence-corrected chi connectivity index (χ2v) is 6.37. The fraction of sp³-hybridized carbons (Fsp3) is 0.933. The summed E-state index contributed by atoms with van der Waals surface area (Å²) < 4.78 is 0. The van der Waals surface area contributed by atoms with E-state index in [4.69, 9.17) is 5.73 Å². The van der Waals surface area contributed by atoms with Gasteiger partial charge in [0.2, 0.25) is 5.91 Å². The molecule has 2 atom stereocenters. The van der Waals surface area contributed by atoms with Crippen LogP contribution in [0, 0.1) is 5.92 Å². The molecule has 0 aromatic carbocycles. The van der Waals surface area contributed by atoms with Gasteiger partial charge in [0.25, 0.3) is 0 Å². The van der Waals surface area contributed by atoms with E-state index in [1.54, 1.807) is 0 Å². The summed E-state index contributed by atoms with van der Waals surface area (Å²) in [4.78, 5) is 16.7. The van der Waals surface area contributed by atoms with Crippen LogP contribution in [-0.4, -0.2) is 54.5 Å². The molecule has 2 rings (SSSR count). The molecule has 2 fully saturated rings. The first-order chi connectivity index (χ1) is 9.15. The molecule has 2 heterocycles. The van der Waals surface area contributed by atoms with Crippen molar-refractivity contribution in [2.45, 2.75) is 51.5 Å². The fourth-order valence-corrected chi connectivity index (χ4v) is 3.22. The van der Waals surface area contributed by atoms with E-state index >= 15 is 0 Å². The number of likely N-dealkylation sites (tertiary alicyclic amines) is 2. The first-order valence-corrected chi connectivity index (χ1v) is 7.91. The molecule has 6 heteroatoms. The number of amides is 1. The van der Waals surface area contributed by atoms with Crippen molar-refractivity contribution in [2.24, 2.45) is 11.7 Å². The van der Waals surface area contributed by atoms with Crippen molar-refractivity contribution in [1.82, 2.24) is 9.80 Å². The van der Waals surface area contributed by atoms with Crippen LogP contribution in [0.2, 0.25) is 0 Å². The zero-order valence-electron chi connectivity index (χ0n) is 13.1. The third-order valence-electron chi connectivity index (χ3n) is 4.42. The highest BCUT2D eigenvalue weighted by atomic mass is 35.5. The maximum atomic E-state index is 12.0. The van der Waals surface area contributed by atoms with Crippen LogP contribution in [0.4, 0.5) is 0 Å². The summed E-state index contributed by atoms with van der Waals surface area (Å²) >= 11 is 0. The molecule has 0 saturated carbocycles. The van der Waals surface area contributed by atoms with E-state index in [0.717, 1.165) is 19.5 Å². The van der Waals surface area contributed by atoms with Crippen LogP contribution in [0.1, 0.15) is 45.4 Å². The highest BCUT2D eigenvalue weighted by Crippen LogP contribution is 2.20. The Morgan fingerprint density at radius 3 is 2.48 bits per heavy atom. The van der Waals surface area contributed by atoms with Crippen LogP contribution in [0.5, 0.6) is 0 Å². The standard InChI is InChI=1S/C15H29N3O.2ClH/c1-13(16)5-6-15(19)18-10-7-14(12-18)11-17-8-3-2-4-9-17;;/h13-14H,2-12,16H2,1H3;2*1H. The van der Waals surface area contributed by atoms with Gasteiger partial charge in [0, 0.05) is 32.1 Å². The maximum Gasteiger partial charge on any atom is 0.222 e. The summed E-state index contributed by atoms with van der Waals surface area (Å²) in [5.74, 6) is 0.996. The molecule has 2 aliphatic rings. The van der Waals surface area contributed by atoms with Gasteiger partial charge in [0.15, 0.2) is 0 Å². The number of hydrogen-bond donors (Lipinski definition) is 1. The number of nitrogens with two attached hydrogens (primary N) is 1. The van der Waals surface area contributed by atoms with Gasteiger partial charge < -0.3 is 15.5 Å². The predicted molar refractivity (Wildman–Crippen MR) is 92.4 cm³/mol. The quantitative estimate of drug-likeness (QED) is 0.835. The van der Waals surface area contributed by atoms with Crippen LogP contribution in [-0.2, 0) is 4.79 Å². The molecule has 2 saturated heterocycles. The monoisotopic (exact) mass is 339 g/mol. The molecule has 21 heavy (non-hydrogen) atoms. The van der Waals surface area contributed by atoms with E-state index in [-0.39, 0.29) is 30.9 Å². The fourth-order valence-electron chi connectivity index (χ4n) is 3.22. The number of carbonyl (C=O) groups excluding carboxylic acids is 1. The number of hydrogen-bond acceptors (Lipinski definition) is 3. The van der Waals surface area contributed by atoms with Crippen LogP contribution in [0.25, 0.3) is 0 Å². The van der Waals surface area contributed by atoms with Crippen molar-refractivity contribution >= 4 is 30.7 Å². The van der Waals surface area contributed by atoms with Gasteiger partial charge >= 0.3 is 0 Å². The van der Waals surface area contributed by atoms with Crippen molar-refractivity contribution < 1.29 is 4.79 Å². The Morgan fingerprint density at radius 1 is 1.19 bits per heavy atom. The Kier molecular flexibility index (Phi) is 10.6. The smallest absolute Gasteiger partial charge is 0.222 e. The lowest BCUT2D eigenvalue weighted by Crippen LogP contribution is -2.36. The molecule has 0 aromatic rings. The average Bonchev–Trinajstić information content (AvgIpc) is 2.85. The van der Waals surface area contributed by atoms with Crippen molar-refractivity contribution in [1.29, 1.82) is 0 Å². The van der Waals surface area contributed by atoms with Gasteiger partial charge in [-0.2, -0.15) is 0 Å². The predicted octanol–water partition coefficient (Wildman–Crippen LogP) is 2.29. The number of carbonyl (C=O) groups is 1. The molecule has 2 N–H and O–H groups in total. The van der Waals surface area contributed by atoms with Gasteiger partial charge in [-0.1, -0.05) is 6.42 Å². The molecule has 4 nitrogen and oxygen atoms in total. The Morgan fingerprint density at radius 2 is 1.86 bits per heavy atom. The highest BCUT2D eigenvalue weighted by molar-refractivity contribution is 5.85. The molecule has 0 radical (unpaired) electrons. The summed E-state index contributed by atoms with van der Waals surface area (Å²) in [5.41, 5.74) is 5.71. The van der Waals surface area contributed by atoms with Crippen LogP contribution in [0.3, 0.4) is 0 Å². The third kappa shape index (κ3) is 7.18. The van der Waals surface area contributed by atoms with E-state index in [2.05, 4.69) is 9.80 Å². The Balaban J connectivity index is 0.00000200. The Labute approximate surface area is 141 Å². The van der Waals surface area contributed by atoms with Gasteiger partial charge in [-0.25, -0.2) is 0 Å². The number of piperidine rings is 1. The molecule has 0 aliphatic carbocycles. The summed E-state index contributed by atoms with van der Waals surface area (Å²) in [7, 11) is 0. The molecule has 1 amide bonds. The minimum atomic E-state index is 0. The average molecular weight is 340 g/mol. The van der Waals surface area contributed by atoms with E-state index in [0.29, 0.717) is 18.2 Å². The molecule has 0 spiro atoms. The minimum absolute atomic E-state index is 0. The van der Waals surface area contributed by atoms with E-state index < -0.39 is 0 Å². The van der Waals surface area contributed by atoms with Crippen LogP contribution in [0.15, 0.2) is 0 Å². The third-order valence-corrected chi connectivity index (χ3v) is 4.42. The molecule has 0 bridgehead atoms. The molecule has 126 valence electrons. The van der Waals surface area contributed by atoms with Gasteiger partial charge in [-0.05, 0) is 51.6 Å². The van der Waals surface area contributed by atoms with Crippen molar-refractivity contribution in [3.05, 3.63) is 0 Å². The zero-order valence-corrected chi connectivity index (χ0v) is 14.8. The number of nitrogens with zero attached hydrogens (tertiary/aromatic N) is 2. The van der Waals surface area contributed by atoms with Crippen LogP contribution < -0.4 is 5.73 Å². The minimum Gasteiger partial charge on any atom is -0.342 e. The zero-order chi connectivity index (χ0) is 13.7. The second-order valence-electron chi connectivity index (χ2n) is 6.37. The summed E-state index contributed by atoms with van der Waals surface area (Å²) in [6.07, 6.45) is 6.71. The van der Waals surface area contributed by atoms with Gasteiger partial charge in [-0.15, -0.1) is 24.8 Å². The molecular weight excluding hydrogens is 309 g/mol. The molecule has 2 unspecified atom stereocenters. The highest BCUT2D eigenvalue weighted by Gasteiger charge is 2.27. The Hall–Kier alpha value is -0.0300. The maximum absolute atomic E-state index is 12.0. The largest absolute Gasteiger partial charge is 0.342 e. The van der Waals surface area contributed by atoms with Gasteiger partial charge in [0.1, 0.15) is 0 Å². The first-order valence-electron chi connectivity index (χ1n) is 7.91. The summed E-state index contributed by atoms with van der Waals surface area (Å²) in [6.45, 7) is 7.60. The van der Waals surface area contributed by atoms with Crippen molar-refractivity contribution in [2.75, 3.05) is 32.7 Å². The van der Waals surface area contributed by atoms with Gasteiger partial charge in [-0.3, -0.25) is 4.79 Å². The number of rotatable bonds is 5. The lowest BCUT2D eigenvalue weighted by atomic mass is 10.1. The molecule has 2 aliphatic heterocycles.